The molecule has 2 fully saturated rings. The van der Waals surface area contributed by atoms with Gasteiger partial charge < -0.3 is 20.1 Å². The third kappa shape index (κ3) is 5.60. The molecule has 1 aliphatic heterocycles. The summed E-state index contributed by atoms with van der Waals surface area (Å²) < 4.78 is 11.2. The van der Waals surface area contributed by atoms with Crippen LogP contribution < -0.4 is 20.1 Å². The van der Waals surface area contributed by atoms with Gasteiger partial charge in [-0.1, -0.05) is 6.07 Å². The number of nitrogens with zero attached hydrogens (tertiary/aromatic N) is 1. The van der Waals surface area contributed by atoms with Crippen molar-refractivity contribution >= 4 is 11.8 Å². The molecule has 2 N–H and O–H groups in total. The molecule has 7 heteroatoms. The van der Waals surface area contributed by atoms with Crippen LogP contribution in [-0.4, -0.2) is 61.6 Å². The van der Waals surface area contributed by atoms with Crippen LogP contribution >= 0.6 is 0 Å². The van der Waals surface area contributed by atoms with E-state index in [-0.39, 0.29) is 24.9 Å². The zero-order valence-electron chi connectivity index (χ0n) is 15.5. The number of nitrogens with one attached hydrogen (secondary N) is 2. The maximum atomic E-state index is 12.2. The van der Waals surface area contributed by atoms with E-state index >= 15 is 0 Å². The maximum Gasteiger partial charge on any atom is 0.234 e. The lowest BCUT2D eigenvalue weighted by Crippen LogP contribution is -2.44. The van der Waals surface area contributed by atoms with Crippen molar-refractivity contribution in [3.8, 4) is 11.5 Å². The molecule has 0 saturated heterocycles. The van der Waals surface area contributed by atoms with Crippen LogP contribution in [0.4, 0.5) is 0 Å². The fourth-order valence-electron chi connectivity index (χ4n) is 3.15. The maximum absolute atomic E-state index is 12.2. The Bertz CT molecular complexity index is 672. The first-order valence-corrected chi connectivity index (χ1v) is 9.85. The Kier molecular flexibility index (Phi) is 5.48. The minimum atomic E-state index is -0.00102. The second-order valence-electron chi connectivity index (χ2n) is 7.62. The van der Waals surface area contributed by atoms with Gasteiger partial charge in [-0.25, -0.2) is 0 Å². The first kappa shape index (κ1) is 18.1. The van der Waals surface area contributed by atoms with E-state index in [1.807, 2.05) is 23.1 Å². The topological polar surface area (TPSA) is 79.9 Å². The van der Waals surface area contributed by atoms with Crippen LogP contribution in [0.5, 0.6) is 11.5 Å². The summed E-state index contributed by atoms with van der Waals surface area (Å²) in [6, 6.07) is 6.59. The van der Waals surface area contributed by atoms with Gasteiger partial charge in [-0.15, -0.1) is 0 Å². The standard InChI is InChI=1S/C20H27N3O4/c24-19(21-15-2-3-15)12-23(13-20(25)22-16-4-5-16)8-7-14-1-6-17-18(11-14)27-10-9-26-17/h1,6,11,15-16H,2-5,7-10,12-13H2,(H,21,24)(H,22,25). The molecule has 4 rings (SSSR count). The van der Waals surface area contributed by atoms with E-state index in [2.05, 4.69) is 10.6 Å². The number of ether oxygens (including phenoxy) is 2. The number of amides is 2. The molecule has 146 valence electrons. The van der Waals surface area contributed by atoms with Gasteiger partial charge in [-0.05, 0) is 49.8 Å². The molecule has 1 aromatic carbocycles. The molecule has 0 spiro atoms. The van der Waals surface area contributed by atoms with Gasteiger partial charge in [-0.3, -0.25) is 14.5 Å². The molecule has 1 heterocycles. The third-order valence-electron chi connectivity index (χ3n) is 4.94. The Morgan fingerprint density at radius 3 is 2.11 bits per heavy atom. The molecule has 7 nitrogen and oxygen atoms in total. The van der Waals surface area contributed by atoms with E-state index in [0.29, 0.717) is 31.8 Å². The Morgan fingerprint density at radius 1 is 0.926 bits per heavy atom. The van der Waals surface area contributed by atoms with Crippen LogP contribution in [0.15, 0.2) is 18.2 Å². The average Bonchev–Trinajstić information content (AvgIpc) is 3.57. The van der Waals surface area contributed by atoms with Gasteiger partial charge in [0.25, 0.3) is 0 Å². The van der Waals surface area contributed by atoms with Crippen LogP contribution in [0.2, 0.25) is 0 Å². The number of carbonyl (C=O) groups is 2. The lowest BCUT2D eigenvalue weighted by molar-refractivity contribution is -0.125. The lowest BCUT2D eigenvalue weighted by Gasteiger charge is -2.22. The highest BCUT2D eigenvalue weighted by Gasteiger charge is 2.26. The van der Waals surface area contributed by atoms with E-state index in [4.69, 9.17) is 9.47 Å². The molecule has 0 atom stereocenters. The van der Waals surface area contributed by atoms with Crippen LogP contribution in [0.3, 0.4) is 0 Å². The van der Waals surface area contributed by atoms with Crippen molar-refractivity contribution in [2.45, 2.75) is 44.2 Å². The smallest absolute Gasteiger partial charge is 0.234 e. The predicted molar refractivity (Wildman–Crippen MR) is 99.9 cm³/mol. The molecular formula is C20H27N3O4. The fraction of sp³-hybridized carbons (Fsp3) is 0.600. The minimum Gasteiger partial charge on any atom is -0.486 e. The Balaban J connectivity index is 1.33. The number of carbonyl (C=O) groups excluding carboxylic acids is 2. The molecule has 1 aromatic rings. The number of rotatable bonds is 9. The predicted octanol–water partition coefficient (Wildman–Crippen LogP) is 0.860. The van der Waals surface area contributed by atoms with Crippen molar-refractivity contribution in [1.29, 1.82) is 0 Å². The minimum absolute atomic E-state index is 0.00102. The van der Waals surface area contributed by atoms with E-state index < -0.39 is 0 Å². The molecular weight excluding hydrogens is 346 g/mol. The van der Waals surface area contributed by atoms with Crippen molar-refractivity contribution in [2.75, 3.05) is 32.8 Å². The molecule has 0 unspecified atom stereocenters. The highest BCUT2D eigenvalue weighted by Crippen LogP contribution is 2.30. The summed E-state index contributed by atoms with van der Waals surface area (Å²) in [4.78, 5) is 26.3. The quantitative estimate of drug-likeness (QED) is 0.671. The van der Waals surface area contributed by atoms with Gasteiger partial charge in [0.05, 0.1) is 13.1 Å². The number of hydrogen-bond donors (Lipinski definition) is 2. The summed E-state index contributed by atoms with van der Waals surface area (Å²) in [5.41, 5.74) is 1.11. The normalized spacial score (nSPS) is 18.3. The van der Waals surface area contributed by atoms with Gasteiger partial charge in [0.1, 0.15) is 13.2 Å². The number of benzene rings is 1. The largest absolute Gasteiger partial charge is 0.486 e. The van der Waals surface area contributed by atoms with Crippen molar-refractivity contribution in [3.63, 3.8) is 0 Å². The van der Waals surface area contributed by atoms with E-state index in [1.54, 1.807) is 0 Å². The Hall–Kier alpha value is -2.28. The Morgan fingerprint density at radius 2 is 1.52 bits per heavy atom. The number of fused-ring (bicyclic) bond motifs is 1. The molecule has 0 aromatic heterocycles. The summed E-state index contributed by atoms with van der Waals surface area (Å²) in [5.74, 6) is 1.54. The van der Waals surface area contributed by atoms with Gasteiger partial charge in [0.2, 0.25) is 11.8 Å². The first-order valence-electron chi connectivity index (χ1n) is 9.85. The van der Waals surface area contributed by atoms with Crippen LogP contribution in [0.25, 0.3) is 0 Å². The van der Waals surface area contributed by atoms with Crippen LogP contribution in [0.1, 0.15) is 31.2 Å². The second-order valence-corrected chi connectivity index (χ2v) is 7.62. The average molecular weight is 373 g/mol. The van der Waals surface area contributed by atoms with Crippen molar-refractivity contribution in [1.82, 2.24) is 15.5 Å². The Labute approximate surface area is 159 Å². The second kappa shape index (κ2) is 8.17. The lowest BCUT2D eigenvalue weighted by atomic mass is 10.1. The highest BCUT2D eigenvalue weighted by molar-refractivity contribution is 5.81. The van der Waals surface area contributed by atoms with E-state index in [0.717, 1.165) is 49.2 Å². The third-order valence-corrected chi connectivity index (χ3v) is 4.94. The molecule has 2 saturated carbocycles. The molecule has 2 aliphatic carbocycles. The summed E-state index contributed by atoms with van der Waals surface area (Å²) >= 11 is 0. The SMILES string of the molecule is O=C(CN(CCc1ccc2c(c1)OCCO2)CC(=O)NC1CC1)NC1CC1. The van der Waals surface area contributed by atoms with Crippen molar-refractivity contribution in [3.05, 3.63) is 23.8 Å². The van der Waals surface area contributed by atoms with Gasteiger partial charge in [0, 0.05) is 18.6 Å². The van der Waals surface area contributed by atoms with E-state index in [9.17, 15) is 9.59 Å². The zero-order valence-corrected chi connectivity index (χ0v) is 15.5. The summed E-state index contributed by atoms with van der Waals surface area (Å²) in [5, 5.41) is 6.00. The zero-order chi connectivity index (χ0) is 18.6. The van der Waals surface area contributed by atoms with Gasteiger partial charge in [-0.2, -0.15) is 0 Å². The van der Waals surface area contributed by atoms with Crippen LogP contribution in [-0.2, 0) is 16.0 Å². The monoisotopic (exact) mass is 373 g/mol. The van der Waals surface area contributed by atoms with Gasteiger partial charge >= 0.3 is 0 Å². The van der Waals surface area contributed by atoms with Crippen molar-refractivity contribution < 1.29 is 19.1 Å². The summed E-state index contributed by atoms with van der Waals surface area (Å²) in [6.07, 6.45) is 4.98. The molecule has 3 aliphatic rings. The first-order chi connectivity index (χ1) is 13.2. The molecule has 2 amide bonds. The van der Waals surface area contributed by atoms with Gasteiger partial charge in [0.15, 0.2) is 11.5 Å². The summed E-state index contributed by atoms with van der Waals surface area (Å²) in [7, 11) is 0. The molecule has 27 heavy (non-hydrogen) atoms. The van der Waals surface area contributed by atoms with Crippen molar-refractivity contribution in [2.24, 2.45) is 0 Å². The summed E-state index contributed by atoms with van der Waals surface area (Å²) in [6.45, 7) is 2.27. The molecule has 0 bridgehead atoms. The molecule has 0 radical (unpaired) electrons. The number of hydrogen-bond acceptors (Lipinski definition) is 5. The fourth-order valence-corrected chi connectivity index (χ4v) is 3.15. The van der Waals surface area contributed by atoms with Crippen LogP contribution in [0, 0.1) is 0 Å². The highest BCUT2D eigenvalue weighted by atomic mass is 16.6. The van der Waals surface area contributed by atoms with E-state index in [1.165, 1.54) is 0 Å².